The smallest absolute Gasteiger partial charge is 0.347 e. The van der Waals surface area contributed by atoms with Crippen LogP contribution < -0.4 is 0 Å². The highest BCUT2D eigenvalue weighted by atomic mass is 32.1. The lowest BCUT2D eigenvalue weighted by Crippen LogP contribution is -1.91. The molecule has 0 aliphatic carbocycles. The molecule has 8 heteroatoms. The van der Waals surface area contributed by atoms with Crippen molar-refractivity contribution < 1.29 is 14.8 Å². The zero-order chi connectivity index (χ0) is 14.3. The first-order chi connectivity index (χ1) is 9.54. The standard InChI is InChI=1S/C12H7N3O4S/c16-11(17)10-6-14-5-9(13-12(14)20-10)7-2-1-3-8(4-7)15(18)19/h1-6H,(H,16,17). The molecule has 0 spiro atoms. The van der Waals surface area contributed by atoms with Gasteiger partial charge in [0.1, 0.15) is 4.88 Å². The van der Waals surface area contributed by atoms with Crippen LogP contribution in [-0.4, -0.2) is 25.4 Å². The van der Waals surface area contributed by atoms with Gasteiger partial charge in [0.2, 0.25) is 0 Å². The van der Waals surface area contributed by atoms with Gasteiger partial charge in [-0.25, -0.2) is 9.78 Å². The Balaban J connectivity index is 2.06. The van der Waals surface area contributed by atoms with E-state index in [1.807, 2.05) is 0 Å². The number of hydrogen-bond acceptors (Lipinski definition) is 5. The Labute approximate surface area is 115 Å². The minimum Gasteiger partial charge on any atom is -0.477 e. The third-order valence-corrected chi connectivity index (χ3v) is 3.70. The summed E-state index contributed by atoms with van der Waals surface area (Å²) in [5, 5.41) is 19.6. The van der Waals surface area contributed by atoms with Crippen LogP contribution >= 0.6 is 11.3 Å². The number of rotatable bonds is 3. The fourth-order valence-electron chi connectivity index (χ4n) is 1.81. The summed E-state index contributed by atoms with van der Waals surface area (Å²) in [5.41, 5.74) is 1.17. The lowest BCUT2D eigenvalue weighted by atomic mass is 10.1. The zero-order valence-corrected chi connectivity index (χ0v) is 10.7. The molecule has 0 aliphatic rings. The van der Waals surface area contributed by atoms with Crippen LogP contribution in [0.25, 0.3) is 16.2 Å². The molecule has 100 valence electrons. The Kier molecular flexibility index (Phi) is 2.72. The van der Waals surface area contributed by atoms with E-state index in [1.165, 1.54) is 18.3 Å². The molecule has 0 bridgehead atoms. The van der Waals surface area contributed by atoms with Crippen molar-refractivity contribution in [2.75, 3.05) is 0 Å². The predicted molar refractivity (Wildman–Crippen MR) is 72.1 cm³/mol. The molecular formula is C12H7N3O4S. The minimum atomic E-state index is -1.00. The largest absolute Gasteiger partial charge is 0.477 e. The molecule has 0 saturated carbocycles. The van der Waals surface area contributed by atoms with Gasteiger partial charge in [-0.2, -0.15) is 0 Å². The van der Waals surface area contributed by atoms with Crippen molar-refractivity contribution in [3.05, 3.63) is 51.7 Å². The zero-order valence-electron chi connectivity index (χ0n) is 9.89. The average Bonchev–Trinajstić information content (AvgIpc) is 2.96. The van der Waals surface area contributed by atoms with Gasteiger partial charge < -0.3 is 5.11 Å². The lowest BCUT2D eigenvalue weighted by Gasteiger charge is -1.96. The normalized spacial score (nSPS) is 10.8. The molecule has 0 saturated heterocycles. The molecule has 0 aliphatic heterocycles. The number of carbonyl (C=O) groups is 1. The van der Waals surface area contributed by atoms with Crippen LogP contribution in [0.3, 0.4) is 0 Å². The van der Waals surface area contributed by atoms with Gasteiger partial charge in [-0.1, -0.05) is 23.5 Å². The topological polar surface area (TPSA) is 97.7 Å². The predicted octanol–water partition coefficient (Wildman–Crippen LogP) is 2.67. The fraction of sp³-hybridized carbons (Fsp3) is 0. The number of imidazole rings is 1. The molecule has 0 radical (unpaired) electrons. The summed E-state index contributed by atoms with van der Waals surface area (Å²) in [4.78, 5) is 26.1. The van der Waals surface area contributed by atoms with Gasteiger partial charge in [0.15, 0.2) is 4.96 Å². The number of nitrogens with zero attached hydrogens (tertiary/aromatic N) is 3. The monoisotopic (exact) mass is 289 g/mol. The summed E-state index contributed by atoms with van der Waals surface area (Å²) in [5.74, 6) is -1.00. The first-order valence-corrected chi connectivity index (χ1v) is 6.33. The maximum Gasteiger partial charge on any atom is 0.347 e. The van der Waals surface area contributed by atoms with Gasteiger partial charge in [-0.3, -0.25) is 14.5 Å². The number of non-ortho nitro benzene ring substituents is 1. The molecule has 7 nitrogen and oxygen atoms in total. The maximum atomic E-state index is 10.8. The van der Waals surface area contributed by atoms with Crippen LogP contribution in [0.2, 0.25) is 0 Å². The van der Waals surface area contributed by atoms with Gasteiger partial charge in [0.25, 0.3) is 5.69 Å². The summed E-state index contributed by atoms with van der Waals surface area (Å²) >= 11 is 1.05. The van der Waals surface area contributed by atoms with Crippen molar-refractivity contribution in [3.8, 4) is 11.3 Å². The number of benzene rings is 1. The number of hydrogen-bond donors (Lipinski definition) is 1. The van der Waals surface area contributed by atoms with E-state index in [1.54, 1.807) is 22.7 Å². The first-order valence-electron chi connectivity index (χ1n) is 5.51. The highest BCUT2D eigenvalue weighted by Crippen LogP contribution is 2.26. The number of aromatic nitrogens is 2. The van der Waals surface area contributed by atoms with E-state index in [4.69, 9.17) is 5.11 Å². The van der Waals surface area contributed by atoms with E-state index in [0.717, 1.165) is 11.3 Å². The summed E-state index contributed by atoms with van der Waals surface area (Å²) in [6.45, 7) is 0. The number of carboxylic acid groups (broad SMARTS) is 1. The second-order valence-corrected chi connectivity index (χ2v) is 5.03. The SMILES string of the molecule is O=C(O)c1cn2cc(-c3cccc([N+](=O)[O-])c3)nc2s1. The van der Waals surface area contributed by atoms with Crippen molar-refractivity contribution in [1.82, 2.24) is 9.38 Å². The molecule has 1 aromatic carbocycles. The van der Waals surface area contributed by atoms with Crippen LogP contribution in [0, 0.1) is 10.1 Å². The van der Waals surface area contributed by atoms with Crippen LogP contribution in [-0.2, 0) is 0 Å². The van der Waals surface area contributed by atoms with Crippen molar-refractivity contribution >= 4 is 28.0 Å². The summed E-state index contributed by atoms with van der Waals surface area (Å²) in [6, 6.07) is 6.15. The Morgan fingerprint density at radius 3 is 2.85 bits per heavy atom. The minimum absolute atomic E-state index is 0.00919. The number of thiazole rings is 1. The fourth-order valence-corrected chi connectivity index (χ4v) is 2.62. The molecule has 3 rings (SSSR count). The first kappa shape index (κ1) is 12.3. The van der Waals surface area contributed by atoms with Gasteiger partial charge in [0.05, 0.1) is 10.6 Å². The molecule has 3 aromatic rings. The van der Waals surface area contributed by atoms with E-state index in [-0.39, 0.29) is 10.6 Å². The van der Waals surface area contributed by atoms with Gasteiger partial charge >= 0.3 is 5.97 Å². The molecule has 0 fully saturated rings. The third kappa shape index (κ3) is 2.01. The number of fused-ring (bicyclic) bond motifs is 1. The van der Waals surface area contributed by atoms with E-state index in [0.29, 0.717) is 16.2 Å². The molecule has 2 aromatic heterocycles. The van der Waals surface area contributed by atoms with Crippen LogP contribution in [0.15, 0.2) is 36.7 Å². The van der Waals surface area contributed by atoms with Gasteiger partial charge in [-0.15, -0.1) is 0 Å². The lowest BCUT2D eigenvalue weighted by molar-refractivity contribution is -0.384. The molecule has 0 atom stereocenters. The molecular weight excluding hydrogens is 282 g/mol. The Bertz CT molecular complexity index is 805. The molecule has 20 heavy (non-hydrogen) atoms. The van der Waals surface area contributed by atoms with Crippen molar-refractivity contribution in [2.45, 2.75) is 0 Å². The van der Waals surface area contributed by atoms with Crippen molar-refractivity contribution in [2.24, 2.45) is 0 Å². The van der Waals surface area contributed by atoms with Gasteiger partial charge in [-0.05, 0) is 0 Å². The second-order valence-electron chi connectivity index (χ2n) is 4.02. The van der Waals surface area contributed by atoms with Crippen LogP contribution in [0.1, 0.15) is 9.67 Å². The molecule has 1 N–H and O–H groups in total. The van der Waals surface area contributed by atoms with E-state index in [9.17, 15) is 14.9 Å². The second kappa shape index (κ2) is 4.42. The van der Waals surface area contributed by atoms with E-state index < -0.39 is 10.9 Å². The van der Waals surface area contributed by atoms with E-state index in [2.05, 4.69) is 4.98 Å². The summed E-state index contributed by atoms with van der Waals surface area (Å²) < 4.78 is 1.60. The molecule has 0 unspecified atom stereocenters. The molecule has 0 amide bonds. The number of aromatic carboxylic acids is 1. The summed E-state index contributed by atoms with van der Waals surface area (Å²) in [6.07, 6.45) is 3.12. The highest BCUT2D eigenvalue weighted by molar-refractivity contribution is 7.18. The number of nitro benzene ring substituents is 1. The average molecular weight is 289 g/mol. The van der Waals surface area contributed by atoms with Crippen molar-refractivity contribution in [3.63, 3.8) is 0 Å². The molecule has 2 heterocycles. The quantitative estimate of drug-likeness (QED) is 0.590. The number of carboxylic acids is 1. The third-order valence-electron chi connectivity index (χ3n) is 2.72. The summed E-state index contributed by atoms with van der Waals surface area (Å²) in [7, 11) is 0. The maximum absolute atomic E-state index is 10.8. The highest BCUT2D eigenvalue weighted by Gasteiger charge is 2.13. The Morgan fingerprint density at radius 1 is 1.40 bits per heavy atom. The van der Waals surface area contributed by atoms with E-state index >= 15 is 0 Å². The van der Waals surface area contributed by atoms with Crippen LogP contribution in [0.5, 0.6) is 0 Å². The Morgan fingerprint density at radius 2 is 2.20 bits per heavy atom. The Hall–Kier alpha value is -2.74. The number of nitro groups is 1. The van der Waals surface area contributed by atoms with Crippen molar-refractivity contribution in [1.29, 1.82) is 0 Å². The van der Waals surface area contributed by atoms with Gasteiger partial charge in [0, 0.05) is 30.1 Å². The van der Waals surface area contributed by atoms with Crippen LogP contribution in [0.4, 0.5) is 5.69 Å².